The molecule has 1 aromatic heterocycles. The van der Waals surface area contributed by atoms with Crippen LogP contribution in [0.25, 0.3) is 0 Å². The monoisotopic (exact) mass is 184 g/mol. The number of amides is 1. The highest BCUT2D eigenvalue weighted by atomic mass is 35.5. The van der Waals surface area contributed by atoms with Gasteiger partial charge in [-0.15, -0.1) is 29.9 Å². The summed E-state index contributed by atoms with van der Waals surface area (Å²) in [5, 5.41) is 6.66. The van der Waals surface area contributed by atoms with E-state index in [9.17, 15) is 4.79 Å². The SMILES string of the molecule is Cl.Cl.NC(=O)n1ccnn1. The molecule has 0 saturated heterocycles. The summed E-state index contributed by atoms with van der Waals surface area (Å²) < 4.78 is 0.944. The zero-order valence-electron chi connectivity index (χ0n) is 4.80. The summed E-state index contributed by atoms with van der Waals surface area (Å²) in [6, 6.07) is -0.623. The number of carbonyl (C=O) groups excluding carboxylic acids is 1. The normalized spacial score (nSPS) is 7.20. The molecule has 0 aromatic carbocycles. The number of nitrogens with two attached hydrogens (primary N) is 1. The van der Waals surface area contributed by atoms with Crippen LogP contribution in [0.1, 0.15) is 0 Å². The van der Waals surface area contributed by atoms with Crippen molar-refractivity contribution in [1.29, 1.82) is 0 Å². The average Bonchev–Trinajstić information content (AvgIpc) is 2.12. The second-order valence-corrected chi connectivity index (χ2v) is 1.19. The highest BCUT2D eigenvalue weighted by molar-refractivity contribution is 5.85. The number of hydrogen-bond acceptors (Lipinski definition) is 3. The Bertz CT molecular complexity index is 186. The number of aromatic nitrogens is 3. The van der Waals surface area contributed by atoms with Crippen molar-refractivity contribution in [2.45, 2.75) is 0 Å². The molecule has 1 aromatic rings. The third-order valence-electron chi connectivity index (χ3n) is 0.648. The fourth-order valence-corrected chi connectivity index (χ4v) is 0.326. The molecule has 0 fully saturated rings. The summed E-state index contributed by atoms with van der Waals surface area (Å²) in [5.74, 6) is 0. The van der Waals surface area contributed by atoms with Crippen molar-refractivity contribution in [2.24, 2.45) is 5.73 Å². The second-order valence-electron chi connectivity index (χ2n) is 1.19. The number of halogens is 2. The molecule has 0 bridgehead atoms. The van der Waals surface area contributed by atoms with Crippen molar-refractivity contribution in [3.05, 3.63) is 12.4 Å². The first-order chi connectivity index (χ1) is 3.80. The van der Waals surface area contributed by atoms with Crippen LogP contribution >= 0.6 is 24.8 Å². The summed E-state index contributed by atoms with van der Waals surface area (Å²) in [4.78, 5) is 10.1. The van der Waals surface area contributed by atoms with E-state index in [-0.39, 0.29) is 24.8 Å². The first-order valence-corrected chi connectivity index (χ1v) is 1.97. The van der Waals surface area contributed by atoms with Gasteiger partial charge in [0.15, 0.2) is 0 Å². The fraction of sp³-hybridized carbons (Fsp3) is 0. The summed E-state index contributed by atoms with van der Waals surface area (Å²) >= 11 is 0. The molecule has 7 heteroatoms. The van der Waals surface area contributed by atoms with Gasteiger partial charge in [0.1, 0.15) is 0 Å². The van der Waals surface area contributed by atoms with E-state index in [1.807, 2.05) is 0 Å². The van der Waals surface area contributed by atoms with E-state index in [2.05, 4.69) is 10.3 Å². The molecular formula is C3H6Cl2N4O. The molecule has 0 unspecified atom stereocenters. The van der Waals surface area contributed by atoms with E-state index < -0.39 is 6.03 Å². The summed E-state index contributed by atoms with van der Waals surface area (Å²) in [5.41, 5.74) is 4.78. The summed E-state index contributed by atoms with van der Waals surface area (Å²) in [7, 11) is 0. The summed E-state index contributed by atoms with van der Waals surface area (Å²) in [6.07, 6.45) is 2.76. The molecule has 1 heterocycles. The number of hydrogen-bond donors (Lipinski definition) is 1. The zero-order chi connectivity index (χ0) is 5.98. The molecule has 5 nitrogen and oxygen atoms in total. The van der Waals surface area contributed by atoms with Crippen molar-refractivity contribution in [3.8, 4) is 0 Å². The third kappa shape index (κ3) is 2.65. The Morgan fingerprint density at radius 3 is 2.30 bits per heavy atom. The lowest BCUT2D eigenvalue weighted by Gasteiger charge is -1.84. The van der Waals surface area contributed by atoms with Crippen LogP contribution in [-0.2, 0) is 0 Å². The fourth-order valence-electron chi connectivity index (χ4n) is 0.326. The molecular weight excluding hydrogens is 179 g/mol. The quantitative estimate of drug-likeness (QED) is 0.620. The van der Waals surface area contributed by atoms with E-state index in [0.717, 1.165) is 4.68 Å². The lowest BCUT2D eigenvalue weighted by Crippen LogP contribution is -2.19. The van der Waals surface area contributed by atoms with Crippen LogP contribution in [0.5, 0.6) is 0 Å². The van der Waals surface area contributed by atoms with Gasteiger partial charge in [-0.3, -0.25) is 0 Å². The zero-order valence-corrected chi connectivity index (χ0v) is 6.43. The Kier molecular flexibility index (Phi) is 5.98. The van der Waals surface area contributed by atoms with Crippen LogP contribution in [0.2, 0.25) is 0 Å². The average molecular weight is 185 g/mol. The van der Waals surface area contributed by atoms with Gasteiger partial charge in [0.25, 0.3) is 0 Å². The molecule has 1 amide bonds. The predicted molar refractivity (Wildman–Crippen MR) is 39.5 cm³/mol. The van der Waals surface area contributed by atoms with Crippen molar-refractivity contribution in [2.75, 3.05) is 0 Å². The minimum absolute atomic E-state index is 0. The van der Waals surface area contributed by atoms with Gasteiger partial charge in [-0.25, -0.2) is 4.79 Å². The van der Waals surface area contributed by atoms with Crippen LogP contribution in [0.4, 0.5) is 4.79 Å². The van der Waals surface area contributed by atoms with Crippen molar-refractivity contribution >= 4 is 30.8 Å². The first kappa shape index (κ1) is 11.9. The maximum atomic E-state index is 10.1. The van der Waals surface area contributed by atoms with Crippen LogP contribution in [0.15, 0.2) is 12.4 Å². The first-order valence-electron chi connectivity index (χ1n) is 1.97. The van der Waals surface area contributed by atoms with Gasteiger partial charge >= 0.3 is 6.03 Å². The highest BCUT2D eigenvalue weighted by Crippen LogP contribution is 1.73. The lowest BCUT2D eigenvalue weighted by molar-refractivity contribution is 0.247. The van der Waals surface area contributed by atoms with Gasteiger partial charge in [-0.1, -0.05) is 5.21 Å². The molecule has 2 N–H and O–H groups in total. The Morgan fingerprint density at radius 2 is 2.10 bits per heavy atom. The van der Waals surface area contributed by atoms with Crippen molar-refractivity contribution in [3.63, 3.8) is 0 Å². The minimum atomic E-state index is -0.623. The van der Waals surface area contributed by atoms with Gasteiger partial charge in [-0.2, -0.15) is 4.68 Å². The minimum Gasteiger partial charge on any atom is -0.350 e. The molecule has 0 spiro atoms. The molecule has 0 aliphatic heterocycles. The number of carbonyl (C=O) groups is 1. The molecule has 0 atom stereocenters. The molecule has 0 saturated carbocycles. The third-order valence-corrected chi connectivity index (χ3v) is 0.648. The van der Waals surface area contributed by atoms with Crippen LogP contribution < -0.4 is 5.73 Å². The number of nitrogens with zero attached hydrogens (tertiary/aromatic N) is 3. The van der Waals surface area contributed by atoms with Gasteiger partial charge in [0.2, 0.25) is 0 Å². The molecule has 0 aliphatic carbocycles. The van der Waals surface area contributed by atoms with Crippen molar-refractivity contribution < 1.29 is 4.79 Å². The Balaban J connectivity index is 0. The van der Waals surface area contributed by atoms with Crippen LogP contribution in [0.3, 0.4) is 0 Å². The van der Waals surface area contributed by atoms with E-state index >= 15 is 0 Å². The standard InChI is InChI=1S/C3H4N4O.2ClH/c4-3(8)7-2-1-5-6-7;;/h1-2H,(H2,4,8);2*1H. The molecule has 0 aliphatic rings. The molecule has 0 radical (unpaired) electrons. The largest absolute Gasteiger partial charge is 0.350 e. The summed E-state index contributed by atoms with van der Waals surface area (Å²) in [6.45, 7) is 0. The van der Waals surface area contributed by atoms with Crippen molar-refractivity contribution in [1.82, 2.24) is 15.0 Å². The van der Waals surface area contributed by atoms with Crippen LogP contribution in [0, 0.1) is 0 Å². The Labute approximate surface area is 69.4 Å². The van der Waals surface area contributed by atoms with Gasteiger partial charge < -0.3 is 5.73 Å². The smallest absolute Gasteiger partial charge is 0.340 e. The highest BCUT2D eigenvalue weighted by Gasteiger charge is 1.93. The predicted octanol–water partition coefficient (Wildman–Crippen LogP) is 0.0485. The molecule has 10 heavy (non-hydrogen) atoms. The van der Waals surface area contributed by atoms with Crippen LogP contribution in [-0.4, -0.2) is 21.0 Å². The Morgan fingerprint density at radius 1 is 1.50 bits per heavy atom. The Hall–Kier alpha value is -0.810. The van der Waals surface area contributed by atoms with Gasteiger partial charge in [0, 0.05) is 0 Å². The maximum Gasteiger partial charge on any atom is 0.340 e. The number of primary amides is 1. The maximum absolute atomic E-state index is 10.1. The van der Waals surface area contributed by atoms with E-state index in [1.165, 1.54) is 12.4 Å². The van der Waals surface area contributed by atoms with E-state index in [1.54, 1.807) is 0 Å². The second kappa shape index (κ2) is 5.01. The van der Waals surface area contributed by atoms with E-state index in [4.69, 9.17) is 5.73 Å². The van der Waals surface area contributed by atoms with Gasteiger partial charge in [0.05, 0.1) is 12.4 Å². The lowest BCUT2D eigenvalue weighted by atomic mass is 10.9. The topological polar surface area (TPSA) is 73.8 Å². The number of rotatable bonds is 0. The van der Waals surface area contributed by atoms with E-state index in [0.29, 0.717) is 0 Å². The molecule has 58 valence electrons. The van der Waals surface area contributed by atoms with Gasteiger partial charge in [-0.05, 0) is 0 Å². The molecule has 1 rings (SSSR count).